The molecule has 2 rings (SSSR count). The Balaban J connectivity index is 2.04. The number of nitrogens with one attached hydrogen (secondary N) is 1. The number of carboxylic acid groups (broad SMARTS) is 1. The highest BCUT2D eigenvalue weighted by molar-refractivity contribution is 6.32. The normalized spacial score (nSPS) is 11.6. The fourth-order valence-electron chi connectivity index (χ4n) is 2.35. The average molecular weight is 366 g/mol. The monoisotopic (exact) mass is 365 g/mol. The lowest BCUT2D eigenvalue weighted by Crippen LogP contribution is -2.43. The van der Waals surface area contributed by atoms with Gasteiger partial charge in [0.1, 0.15) is 17.6 Å². The van der Waals surface area contributed by atoms with E-state index < -0.39 is 23.7 Å². The van der Waals surface area contributed by atoms with Crippen LogP contribution in [-0.4, -0.2) is 30.1 Å². The molecular weight excluding hydrogens is 349 g/mol. The van der Waals surface area contributed by atoms with Crippen LogP contribution in [0.1, 0.15) is 11.1 Å². The second kappa shape index (κ2) is 8.48. The van der Waals surface area contributed by atoms with E-state index in [0.717, 1.165) is 0 Å². The number of carboxylic acids is 1. The van der Waals surface area contributed by atoms with E-state index in [1.807, 2.05) is 0 Å². The largest absolute Gasteiger partial charge is 0.495 e. The van der Waals surface area contributed by atoms with Gasteiger partial charge in [0.2, 0.25) is 5.91 Å². The smallest absolute Gasteiger partial charge is 0.326 e. The Kier molecular flexibility index (Phi) is 6.36. The number of carbonyl (C=O) groups is 2. The summed E-state index contributed by atoms with van der Waals surface area (Å²) < 4.78 is 18.2. The summed E-state index contributed by atoms with van der Waals surface area (Å²) >= 11 is 6.03. The Bertz CT molecular complexity index is 781. The van der Waals surface area contributed by atoms with Crippen LogP contribution in [-0.2, 0) is 22.4 Å². The van der Waals surface area contributed by atoms with E-state index in [1.165, 1.54) is 25.3 Å². The lowest BCUT2D eigenvalue weighted by Gasteiger charge is -2.15. The molecule has 0 saturated carbocycles. The van der Waals surface area contributed by atoms with Gasteiger partial charge in [0.15, 0.2) is 0 Å². The van der Waals surface area contributed by atoms with Crippen molar-refractivity contribution in [3.8, 4) is 5.75 Å². The van der Waals surface area contributed by atoms with Crippen LogP contribution in [0.25, 0.3) is 0 Å². The van der Waals surface area contributed by atoms with E-state index in [1.54, 1.807) is 24.3 Å². The molecule has 0 aliphatic heterocycles. The van der Waals surface area contributed by atoms with Crippen LogP contribution in [0.4, 0.5) is 4.39 Å². The molecule has 1 atom stereocenters. The Morgan fingerprint density at radius 3 is 2.60 bits per heavy atom. The van der Waals surface area contributed by atoms with Crippen LogP contribution < -0.4 is 10.1 Å². The number of amides is 1. The zero-order valence-electron chi connectivity index (χ0n) is 13.5. The number of benzene rings is 2. The third-order valence-corrected chi connectivity index (χ3v) is 3.84. The minimum atomic E-state index is -1.17. The van der Waals surface area contributed by atoms with Crippen molar-refractivity contribution in [1.82, 2.24) is 5.32 Å². The fraction of sp³-hybridized carbons (Fsp3) is 0.222. The second-order valence-electron chi connectivity index (χ2n) is 5.44. The maximum Gasteiger partial charge on any atom is 0.326 e. The molecule has 1 amide bonds. The number of carbonyl (C=O) groups excluding carboxylic acids is 1. The number of hydrogen-bond acceptors (Lipinski definition) is 3. The summed E-state index contributed by atoms with van der Waals surface area (Å²) in [5.74, 6) is -1.64. The van der Waals surface area contributed by atoms with Crippen LogP contribution in [0.2, 0.25) is 5.02 Å². The number of rotatable bonds is 7. The van der Waals surface area contributed by atoms with E-state index in [9.17, 15) is 19.1 Å². The Hall–Kier alpha value is -2.60. The van der Waals surface area contributed by atoms with E-state index in [-0.39, 0.29) is 12.8 Å². The first-order valence-electron chi connectivity index (χ1n) is 7.48. The predicted molar refractivity (Wildman–Crippen MR) is 91.4 cm³/mol. The minimum absolute atomic E-state index is 0.0634. The summed E-state index contributed by atoms with van der Waals surface area (Å²) in [6.07, 6.45) is -0.0428. The molecule has 0 bridgehead atoms. The van der Waals surface area contributed by atoms with Gasteiger partial charge in [-0.3, -0.25) is 4.79 Å². The first-order valence-corrected chi connectivity index (χ1v) is 7.86. The van der Waals surface area contributed by atoms with Crippen molar-refractivity contribution in [2.75, 3.05) is 7.11 Å². The average Bonchev–Trinajstić information content (AvgIpc) is 2.54. The molecule has 0 aliphatic rings. The molecule has 0 unspecified atom stereocenters. The molecular formula is C18H17ClFNO4. The SMILES string of the molecule is COc1ccc(C[C@@H](NC(=O)Cc2cccc(F)c2)C(=O)O)cc1Cl. The Labute approximate surface area is 149 Å². The Morgan fingerprint density at radius 2 is 2.00 bits per heavy atom. The molecule has 2 N–H and O–H groups in total. The summed E-state index contributed by atoms with van der Waals surface area (Å²) in [4.78, 5) is 23.5. The molecule has 0 saturated heterocycles. The maximum atomic E-state index is 13.1. The zero-order valence-corrected chi connectivity index (χ0v) is 14.2. The third-order valence-electron chi connectivity index (χ3n) is 3.54. The van der Waals surface area contributed by atoms with Crippen molar-refractivity contribution >= 4 is 23.5 Å². The van der Waals surface area contributed by atoms with Crippen LogP contribution in [0.15, 0.2) is 42.5 Å². The first kappa shape index (κ1) is 18.7. The summed E-state index contributed by atoms with van der Waals surface area (Å²) in [7, 11) is 1.48. The molecule has 0 fully saturated rings. The van der Waals surface area contributed by atoms with Gasteiger partial charge < -0.3 is 15.2 Å². The molecule has 7 heteroatoms. The standard InChI is InChI=1S/C18H17ClFNO4/c1-25-16-6-5-12(8-14(16)19)9-15(18(23)24)21-17(22)10-11-3-2-4-13(20)7-11/h2-8,15H,9-10H2,1H3,(H,21,22)(H,23,24)/t15-/m1/s1. The van der Waals surface area contributed by atoms with Crippen LogP contribution in [0.5, 0.6) is 5.75 Å². The lowest BCUT2D eigenvalue weighted by molar-refractivity contribution is -0.141. The van der Waals surface area contributed by atoms with Crippen LogP contribution in [0.3, 0.4) is 0 Å². The van der Waals surface area contributed by atoms with Crippen molar-refractivity contribution in [2.45, 2.75) is 18.9 Å². The van der Waals surface area contributed by atoms with E-state index in [4.69, 9.17) is 16.3 Å². The number of halogens is 2. The van der Waals surface area contributed by atoms with E-state index in [2.05, 4.69) is 5.32 Å². The zero-order chi connectivity index (χ0) is 18.4. The topological polar surface area (TPSA) is 75.6 Å². The maximum absolute atomic E-state index is 13.1. The quantitative estimate of drug-likeness (QED) is 0.791. The molecule has 0 spiro atoms. The van der Waals surface area contributed by atoms with Gasteiger partial charge in [-0.05, 0) is 35.4 Å². The van der Waals surface area contributed by atoms with Gasteiger partial charge >= 0.3 is 5.97 Å². The fourth-order valence-corrected chi connectivity index (χ4v) is 2.63. The van der Waals surface area contributed by atoms with Crippen molar-refractivity contribution in [2.24, 2.45) is 0 Å². The first-order chi connectivity index (χ1) is 11.9. The molecule has 132 valence electrons. The molecule has 25 heavy (non-hydrogen) atoms. The lowest BCUT2D eigenvalue weighted by atomic mass is 10.0. The number of aliphatic carboxylic acids is 1. The van der Waals surface area contributed by atoms with Crippen molar-refractivity contribution < 1.29 is 23.8 Å². The molecule has 2 aromatic rings. The molecule has 0 aliphatic carbocycles. The van der Waals surface area contributed by atoms with Gasteiger partial charge in [-0.2, -0.15) is 0 Å². The molecule has 0 radical (unpaired) electrons. The number of ether oxygens (including phenoxy) is 1. The molecule has 2 aromatic carbocycles. The van der Waals surface area contributed by atoms with Gasteiger partial charge in [-0.1, -0.05) is 29.8 Å². The summed E-state index contributed by atoms with van der Waals surface area (Å²) in [6.45, 7) is 0. The summed E-state index contributed by atoms with van der Waals surface area (Å²) in [5, 5.41) is 12.1. The highest BCUT2D eigenvalue weighted by atomic mass is 35.5. The second-order valence-corrected chi connectivity index (χ2v) is 5.85. The third kappa shape index (κ3) is 5.46. The van der Waals surface area contributed by atoms with Crippen molar-refractivity contribution in [3.05, 3.63) is 64.4 Å². The van der Waals surface area contributed by atoms with Crippen LogP contribution >= 0.6 is 11.6 Å². The highest BCUT2D eigenvalue weighted by Gasteiger charge is 2.21. The molecule has 0 heterocycles. The van der Waals surface area contributed by atoms with Crippen molar-refractivity contribution in [3.63, 3.8) is 0 Å². The van der Waals surface area contributed by atoms with E-state index in [0.29, 0.717) is 21.9 Å². The number of methoxy groups -OCH3 is 1. The Morgan fingerprint density at radius 1 is 1.24 bits per heavy atom. The van der Waals surface area contributed by atoms with Crippen LogP contribution in [0, 0.1) is 5.82 Å². The van der Waals surface area contributed by atoms with Crippen molar-refractivity contribution in [1.29, 1.82) is 0 Å². The molecule has 5 nitrogen and oxygen atoms in total. The molecule has 0 aromatic heterocycles. The summed E-state index contributed by atoms with van der Waals surface area (Å²) in [6, 6.07) is 9.38. The van der Waals surface area contributed by atoms with Gasteiger partial charge in [-0.15, -0.1) is 0 Å². The predicted octanol–water partition coefficient (Wildman–Crippen LogP) is 2.84. The number of hydrogen-bond donors (Lipinski definition) is 2. The summed E-state index contributed by atoms with van der Waals surface area (Å²) in [5.41, 5.74) is 1.11. The van der Waals surface area contributed by atoms with E-state index >= 15 is 0 Å². The van der Waals surface area contributed by atoms with Gasteiger partial charge in [0.25, 0.3) is 0 Å². The van der Waals surface area contributed by atoms with Gasteiger partial charge in [0, 0.05) is 6.42 Å². The highest BCUT2D eigenvalue weighted by Crippen LogP contribution is 2.25. The minimum Gasteiger partial charge on any atom is -0.495 e. The van der Waals surface area contributed by atoms with Gasteiger partial charge in [0.05, 0.1) is 18.6 Å². The van der Waals surface area contributed by atoms with Gasteiger partial charge in [-0.25, -0.2) is 9.18 Å².